The summed E-state index contributed by atoms with van der Waals surface area (Å²) in [6.07, 6.45) is 1.35. The Hall–Kier alpha value is -2.58. The second kappa shape index (κ2) is 7.35. The molecule has 2 atom stereocenters. The number of hydrogen-bond acceptors (Lipinski definition) is 6. The predicted octanol–water partition coefficient (Wildman–Crippen LogP) is 0.566. The second-order valence-corrected chi connectivity index (χ2v) is 8.86. The first kappa shape index (κ1) is 19.7. The SMILES string of the molecule is CC1(C)CN[C@H](CNCc2cccc3c2C(=O)N(C2CCC(=O)NC2=O)C3=O)C1. The number of rotatable bonds is 5. The normalized spacial score (nSPS) is 26.1. The van der Waals surface area contributed by atoms with Gasteiger partial charge in [-0.05, 0) is 29.9 Å². The van der Waals surface area contributed by atoms with Crippen LogP contribution >= 0.6 is 0 Å². The van der Waals surface area contributed by atoms with E-state index in [9.17, 15) is 19.2 Å². The summed E-state index contributed by atoms with van der Waals surface area (Å²) in [6.45, 7) is 6.68. The number of hydrogen-bond donors (Lipinski definition) is 3. The zero-order valence-corrected chi connectivity index (χ0v) is 16.7. The van der Waals surface area contributed by atoms with Gasteiger partial charge in [0.2, 0.25) is 11.8 Å². The van der Waals surface area contributed by atoms with Crippen LogP contribution in [0.2, 0.25) is 0 Å². The summed E-state index contributed by atoms with van der Waals surface area (Å²) in [7, 11) is 0. The molecule has 3 heterocycles. The zero-order chi connectivity index (χ0) is 20.8. The molecule has 3 N–H and O–H groups in total. The fourth-order valence-electron chi connectivity index (χ4n) is 4.49. The standard InChI is InChI=1S/C21H26N4O4/c1-21(2)8-13(23-11-21)10-22-9-12-4-3-5-14-17(12)20(29)25(19(14)28)15-6-7-16(26)24-18(15)27/h3-5,13,15,22-23H,6-11H2,1-2H3,(H,24,26,27)/t13-,15?/m0/s1. The molecule has 0 bridgehead atoms. The summed E-state index contributed by atoms with van der Waals surface area (Å²) >= 11 is 0. The van der Waals surface area contributed by atoms with Gasteiger partial charge in [0, 0.05) is 32.1 Å². The van der Waals surface area contributed by atoms with Gasteiger partial charge < -0.3 is 10.6 Å². The molecule has 8 nitrogen and oxygen atoms in total. The number of carbonyl (C=O) groups is 4. The van der Waals surface area contributed by atoms with Crippen molar-refractivity contribution < 1.29 is 19.2 Å². The van der Waals surface area contributed by atoms with Gasteiger partial charge in [0.05, 0.1) is 11.1 Å². The first-order valence-electron chi connectivity index (χ1n) is 10.0. The molecule has 0 aromatic heterocycles. The number of piperidine rings is 1. The number of imide groups is 2. The average molecular weight is 398 g/mol. The first-order valence-corrected chi connectivity index (χ1v) is 10.0. The number of nitrogens with one attached hydrogen (secondary N) is 3. The van der Waals surface area contributed by atoms with E-state index in [1.54, 1.807) is 12.1 Å². The van der Waals surface area contributed by atoms with Crippen LogP contribution in [-0.4, -0.2) is 53.7 Å². The summed E-state index contributed by atoms with van der Waals surface area (Å²) in [6, 6.07) is 4.64. The van der Waals surface area contributed by atoms with Crippen LogP contribution in [-0.2, 0) is 16.1 Å². The molecule has 1 aromatic rings. The fourth-order valence-corrected chi connectivity index (χ4v) is 4.49. The maximum atomic E-state index is 13.1. The first-order chi connectivity index (χ1) is 13.8. The highest BCUT2D eigenvalue weighted by atomic mass is 16.2. The van der Waals surface area contributed by atoms with Crippen molar-refractivity contribution in [1.29, 1.82) is 0 Å². The monoisotopic (exact) mass is 398 g/mol. The molecule has 8 heteroatoms. The third-order valence-electron chi connectivity index (χ3n) is 5.93. The van der Waals surface area contributed by atoms with Crippen LogP contribution < -0.4 is 16.0 Å². The maximum Gasteiger partial charge on any atom is 0.262 e. The average Bonchev–Trinajstić information content (AvgIpc) is 3.13. The van der Waals surface area contributed by atoms with Crippen molar-refractivity contribution in [2.24, 2.45) is 5.41 Å². The molecule has 0 saturated carbocycles. The summed E-state index contributed by atoms with van der Waals surface area (Å²) < 4.78 is 0. The third-order valence-corrected chi connectivity index (χ3v) is 5.93. The molecule has 1 unspecified atom stereocenters. The van der Waals surface area contributed by atoms with Gasteiger partial charge in [-0.15, -0.1) is 0 Å². The van der Waals surface area contributed by atoms with Gasteiger partial charge in [0.15, 0.2) is 0 Å². The molecule has 0 spiro atoms. The highest BCUT2D eigenvalue weighted by molar-refractivity contribution is 6.24. The molecular formula is C21H26N4O4. The molecule has 2 saturated heterocycles. The Bertz CT molecular complexity index is 895. The van der Waals surface area contributed by atoms with Gasteiger partial charge >= 0.3 is 0 Å². The number of carbonyl (C=O) groups excluding carboxylic acids is 4. The van der Waals surface area contributed by atoms with Crippen LogP contribution in [0.3, 0.4) is 0 Å². The Labute approximate surface area is 169 Å². The van der Waals surface area contributed by atoms with E-state index < -0.39 is 23.8 Å². The van der Waals surface area contributed by atoms with Crippen LogP contribution in [0.25, 0.3) is 0 Å². The third kappa shape index (κ3) is 3.70. The van der Waals surface area contributed by atoms with Gasteiger partial charge in [-0.2, -0.15) is 0 Å². The van der Waals surface area contributed by atoms with E-state index in [0.717, 1.165) is 30.0 Å². The molecular weight excluding hydrogens is 372 g/mol. The van der Waals surface area contributed by atoms with Crippen molar-refractivity contribution in [2.45, 2.75) is 51.7 Å². The minimum Gasteiger partial charge on any atom is -0.312 e. The molecule has 4 amide bonds. The van der Waals surface area contributed by atoms with Gasteiger partial charge in [0.25, 0.3) is 11.8 Å². The van der Waals surface area contributed by atoms with Gasteiger partial charge in [0.1, 0.15) is 6.04 Å². The lowest BCUT2D eigenvalue weighted by atomic mass is 9.90. The van der Waals surface area contributed by atoms with E-state index in [1.165, 1.54) is 0 Å². The summed E-state index contributed by atoms with van der Waals surface area (Å²) in [4.78, 5) is 50.5. The smallest absolute Gasteiger partial charge is 0.262 e. The molecule has 2 fully saturated rings. The van der Waals surface area contributed by atoms with Crippen molar-refractivity contribution in [3.05, 3.63) is 34.9 Å². The van der Waals surface area contributed by atoms with Gasteiger partial charge in [-0.1, -0.05) is 26.0 Å². The minimum absolute atomic E-state index is 0.114. The Balaban J connectivity index is 1.48. The van der Waals surface area contributed by atoms with Gasteiger partial charge in [-0.25, -0.2) is 0 Å². The lowest BCUT2D eigenvalue weighted by Gasteiger charge is -2.27. The van der Waals surface area contributed by atoms with E-state index in [1.807, 2.05) is 6.07 Å². The van der Waals surface area contributed by atoms with Crippen molar-refractivity contribution in [3.8, 4) is 0 Å². The van der Waals surface area contributed by atoms with Crippen LogP contribution in [0.15, 0.2) is 18.2 Å². The maximum absolute atomic E-state index is 13.1. The Kier molecular flexibility index (Phi) is 5.00. The molecule has 0 radical (unpaired) electrons. The Morgan fingerprint density at radius 3 is 2.66 bits per heavy atom. The molecule has 3 aliphatic heterocycles. The van der Waals surface area contributed by atoms with Gasteiger partial charge in [-0.3, -0.25) is 29.4 Å². The molecule has 3 aliphatic rings. The lowest BCUT2D eigenvalue weighted by Crippen LogP contribution is -2.54. The summed E-state index contributed by atoms with van der Waals surface area (Å²) in [5.74, 6) is -1.90. The zero-order valence-electron chi connectivity index (χ0n) is 16.7. The molecule has 1 aromatic carbocycles. The lowest BCUT2D eigenvalue weighted by molar-refractivity contribution is -0.136. The van der Waals surface area contributed by atoms with E-state index in [2.05, 4.69) is 29.8 Å². The fraction of sp³-hybridized carbons (Fsp3) is 0.524. The van der Waals surface area contributed by atoms with Crippen LogP contribution in [0.5, 0.6) is 0 Å². The largest absolute Gasteiger partial charge is 0.312 e. The minimum atomic E-state index is -0.939. The van der Waals surface area contributed by atoms with E-state index >= 15 is 0 Å². The van der Waals surface area contributed by atoms with Crippen LogP contribution in [0.4, 0.5) is 0 Å². The van der Waals surface area contributed by atoms with E-state index in [0.29, 0.717) is 23.7 Å². The number of nitrogens with zero attached hydrogens (tertiary/aromatic N) is 1. The quantitative estimate of drug-likeness (QED) is 0.626. The molecule has 0 aliphatic carbocycles. The summed E-state index contributed by atoms with van der Waals surface area (Å²) in [5, 5.41) is 9.10. The Morgan fingerprint density at radius 1 is 1.17 bits per heavy atom. The van der Waals surface area contributed by atoms with E-state index in [4.69, 9.17) is 0 Å². The number of benzene rings is 1. The summed E-state index contributed by atoms with van der Waals surface area (Å²) in [5.41, 5.74) is 1.70. The second-order valence-electron chi connectivity index (χ2n) is 8.86. The topological polar surface area (TPSA) is 108 Å². The highest BCUT2D eigenvalue weighted by Gasteiger charge is 2.45. The number of fused-ring (bicyclic) bond motifs is 1. The van der Waals surface area contributed by atoms with E-state index in [-0.39, 0.29) is 24.2 Å². The highest BCUT2D eigenvalue weighted by Crippen LogP contribution is 2.30. The van der Waals surface area contributed by atoms with Crippen molar-refractivity contribution >= 4 is 23.6 Å². The van der Waals surface area contributed by atoms with Crippen molar-refractivity contribution in [1.82, 2.24) is 20.9 Å². The van der Waals surface area contributed by atoms with Crippen molar-refractivity contribution in [2.75, 3.05) is 13.1 Å². The number of amides is 4. The van der Waals surface area contributed by atoms with Crippen LogP contribution in [0, 0.1) is 5.41 Å². The molecule has 4 rings (SSSR count). The predicted molar refractivity (Wildman–Crippen MR) is 105 cm³/mol. The Morgan fingerprint density at radius 2 is 1.97 bits per heavy atom. The molecule has 29 heavy (non-hydrogen) atoms. The molecule has 154 valence electrons. The van der Waals surface area contributed by atoms with Crippen LogP contribution in [0.1, 0.15) is 59.4 Å². The van der Waals surface area contributed by atoms with Crippen molar-refractivity contribution in [3.63, 3.8) is 0 Å².